The average Bonchev–Trinajstić information content (AvgIpc) is 2.79. The van der Waals surface area contributed by atoms with Gasteiger partial charge in [-0.1, -0.05) is 13.0 Å². The predicted molar refractivity (Wildman–Crippen MR) is 70.2 cm³/mol. The van der Waals surface area contributed by atoms with Crippen molar-refractivity contribution in [2.75, 3.05) is 6.54 Å². The summed E-state index contributed by atoms with van der Waals surface area (Å²) in [5.41, 5.74) is -0.0537. The number of hydrogen-bond donors (Lipinski definition) is 1. The number of rotatable bonds is 5. The maximum atomic E-state index is 13.9. The molecular weight excluding hydrogens is 272 g/mol. The second-order valence-corrected chi connectivity index (χ2v) is 4.54. The number of furan rings is 1. The number of benzene rings is 1. The number of hydrogen-bond acceptors (Lipinski definition) is 2. The number of halogens is 3. The summed E-state index contributed by atoms with van der Waals surface area (Å²) < 4.78 is 33.0. The van der Waals surface area contributed by atoms with Crippen LogP contribution in [0.5, 0.6) is 0 Å². The van der Waals surface area contributed by atoms with Crippen LogP contribution in [-0.4, -0.2) is 6.54 Å². The van der Waals surface area contributed by atoms with Crippen LogP contribution in [0.2, 0.25) is 5.22 Å². The average molecular weight is 286 g/mol. The molecule has 0 amide bonds. The van der Waals surface area contributed by atoms with Crippen LogP contribution in [0.3, 0.4) is 0 Å². The summed E-state index contributed by atoms with van der Waals surface area (Å²) in [7, 11) is 0. The molecule has 0 saturated heterocycles. The van der Waals surface area contributed by atoms with Crippen LogP contribution in [0, 0.1) is 11.6 Å². The van der Waals surface area contributed by atoms with Crippen molar-refractivity contribution in [2.24, 2.45) is 0 Å². The molecule has 1 N–H and O–H groups in total. The topological polar surface area (TPSA) is 25.2 Å². The lowest BCUT2D eigenvalue weighted by atomic mass is 10.0. The Kier molecular flexibility index (Phi) is 4.56. The zero-order chi connectivity index (χ0) is 13.8. The number of nitrogens with one attached hydrogen (secondary N) is 1. The highest BCUT2D eigenvalue weighted by molar-refractivity contribution is 6.28. The molecule has 1 unspecified atom stereocenters. The van der Waals surface area contributed by atoms with Crippen molar-refractivity contribution in [1.82, 2.24) is 5.32 Å². The smallest absolute Gasteiger partial charge is 0.193 e. The third kappa shape index (κ3) is 3.14. The van der Waals surface area contributed by atoms with Gasteiger partial charge in [-0.2, -0.15) is 0 Å². The first kappa shape index (κ1) is 14.0. The highest BCUT2D eigenvalue weighted by Crippen LogP contribution is 2.29. The van der Waals surface area contributed by atoms with Gasteiger partial charge in [0.05, 0.1) is 6.04 Å². The molecule has 0 spiro atoms. The molecule has 2 nitrogen and oxygen atoms in total. The molecule has 0 aliphatic rings. The molecule has 0 fully saturated rings. The Hall–Kier alpha value is -1.39. The van der Waals surface area contributed by atoms with Crippen LogP contribution >= 0.6 is 11.6 Å². The summed E-state index contributed by atoms with van der Waals surface area (Å²) in [6, 6.07) is 6.26. The van der Waals surface area contributed by atoms with Crippen LogP contribution in [0.25, 0.3) is 0 Å². The van der Waals surface area contributed by atoms with E-state index in [9.17, 15) is 8.78 Å². The van der Waals surface area contributed by atoms with Crippen molar-refractivity contribution >= 4 is 11.6 Å². The molecule has 1 atom stereocenters. The van der Waals surface area contributed by atoms with E-state index in [2.05, 4.69) is 5.32 Å². The van der Waals surface area contributed by atoms with Gasteiger partial charge < -0.3 is 9.73 Å². The first-order chi connectivity index (χ1) is 9.13. The van der Waals surface area contributed by atoms with Crippen molar-refractivity contribution < 1.29 is 13.2 Å². The van der Waals surface area contributed by atoms with E-state index in [0.717, 1.165) is 6.42 Å². The molecule has 1 aromatic heterocycles. The van der Waals surface area contributed by atoms with Gasteiger partial charge in [0.1, 0.15) is 17.4 Å². The van der Waals surface area contributed by atoms with Crippen LogP contribution in [0.4, 0.5) is 8.78 Å². The second kappa shape index (κ2) is 6.17. The minimum absolute atomic E-state index is 0.0537. The largest absolute Gasteiger partial charge is 0.448 e. The molecule has 1 heterocycles. The molecule has 5 heteroatoms. The Bertz CT molecular complexity index is 536. The lowest BCUT2D eigenvalue weighted by Gasteiger charge is -2.18. The molecule has 102 valence electrons. The van der Waals surface area contributed by atoms with Gasteiger partial charge >= 0.3 is 0 Å². The SMILES string of the molecule is CCCNC(c1ccc(Cl)o1)c1c(F)cccc1F. The molecule has 1 aromatic carbocycles. The van der Waals surface area contributed by atoms with Gasteiger partial charge in [-0.15, -0.1) is 0 Å². The summed E-state index contributed by atoms with van der Waals surface area (Å²) in [6.07, 6.45) is 0.834. The fourth-order valence-electron chi connectivity index (χ4n) is 1.90. The Balaban J connectivity index is 2.42. The van der Waals surface area contributed by atoms with Crippen molar-refractivity contribution in [1.29, 1.82) is 0 Å². The van der Waals surface area contributed by atoms with E-state index in [1.54, 1.807) is 12.1 Å². The van der Waals surface area contributed by atoms with Gasteiger partial charge in [0, 0.05) is 5.56 Å². The Morgan fingerprint density at radius 3 is 2.42 bits per heavy atom. The molecule has 0 bridgehead atoms. The van der Waals surface area contributed by atoms with Crippen molar-refractivity contribution in [2.45, 2.75) is 19.4 Å². The molecule has 2 rings (SSSR count). The summed E-state index contributed by atoms with van der Waals surface area (Å²) in [4.78, 5) is 0. The van der Waals surface area contributed by atoms with Crippen LogP contribution < -0.4 is 5.32 Å². The van der Waals surface area contributed by atoms with E-state index in [4.69, 9.17) is 16.0 Å². The second-order valence-electron chi connectivity index (χ2n) is 4.16. The monoisotopic (exact) mass is 285 g/mol. The fourth-order valence-corrected chi connectivity index (χ4v) is 2.06. The standard InChI is InChI=1S/C14H14ClF2NO/c1-2-8-18-14(11-6-7-12(15)19-11)13-9(16)4-3-5-10(13)17/h3-7,14,18H,2,8H2,1H3. The molecule has 19 heavy (non-hydrogen) atoms. The first-order valence-corrected chi connectivity index (χ1v) is 6.43. The molecular formula is C14H14ClF2NO. The highest BCUT2D eigenvalue weighted by Gasteiger charge is 2.24. The minimum Gasteiger partial charge on any atom is -0.448 e. The van der Waals surface area contributed by atoms with Crippen molar-refractivity contribution in [3.05, 3.63) is 58.5 Å². The van der Waals surface area contributed by atoms with Gasteiger partial charge in [0.25, 0.3) is 0 Å². The van der Waals surface area contributed by atoms with Gasteiger partial charge in [-0.3, -0.25) is 0 Å². The molecule has 0 saturated carbocycles. The maximum absolute atomic E-state index is 13.9. The van der Waals surface area contributed by atoms with Crippen molar-refractivity contribution in [3.8, 4) is 0 Å². The Morgan fingerprint density at radius 2 is 1.89 bits per heavy atom. The minimum atomic E-state index is -0.686. The van der Waals surface area contributed by atoms with Gasteiger partial charge in [-0.05, 0) is 48.8 Å². The van der Waals surface area contributed by atoms with E-state index in [1.807, 2.05) is 6.92 Å². The lowest BCUT2D eigenvalue weighted by molar-refractivity contribution is 0.423. The molecule has 0 aliphatic heterocycles. The zero-order valence-electron chi connectivity index (χ0n) is 10.4. The van der Waals surface area contributed by atoms with Crippen LogP contribution in [0.1, 0.15) is 30.7 Å². The summed E-state index contributed by atoms with van der Waals surface area (Å²) in [5.74, 6) is -0.829. The van der Waals surface area contributed by atoms with E-state index in [1.165, 1.54) is 18.2 Å². The fraction of sp³-hybridized carbons (Fsp3) is 0.286. The van der Waals surface area contributed by atoms with Gasteiger partial charge in [0.2, 0.25) is 0 Å². The molecule has 0 aliphatic carbocycles. The van der Waals surface area contributed by atoms with Gasteiger partial charge in [0.15, 0.2) is 5.22 Å². The van der Waals surface area contributed by atoms with Gasteiger partial charge in [-0.25, -0.2) is 8.78 Å². The Labute approximate surface area is 115 Å². The van der Waals surface area contributed by atoms with Crippen LogP contribution in [0.15, 0.2) is 34.7 Å². The summed E-state index contributed by atoms with van der Waals surface area (Å²) in [5, 5.41) is 3.25. The Morgan fingerprint density at radius 1 is 1.21 bits per heavy atom. The van der Waals surface area contributed by atoms with E-state index < -0.39 is 17.7 Å². The van der Waals surface area contributed by atoms with Crippen LogP contribution in [-0.2, 0) is 0 Å². The van der Waals surface area contributed by atoms with Crippen molar-refractivity contribution in [3.63, 3.8) is 0 Å². The predicted octanol–water partition coefficient (Wildman–Crippen LogP) is 4.30. The summed E-state index contributed by atoms with van der Waals surface area (Å²) in [6.45, 7) is 2.58. The van der Waals surface area contributed by atoms with E-state index in [-0.39, 0.29) is 10.8 Å². The normalized spacial score (nSPS) is 12.6. The quantitative estimate of drug-likeness (QED) is 0.886. The van der Waals surface area contributed by atoms with E-state index >= 15 is 0 Å². The first-order valence-electron chi connectivity index (χ1n) is 6.06. The molecule has 2 aromatic rings. The zero-order valence-corrected chi connectivity index (χ0v) is 11.2. The molecule has 0 radical (unpaired) electrons. The third-order valence-corrected chi connectivity index (χ3v) is 2.97. The highest BCUT2D eigenvalue weighted by atomic mass is 35.5. The van der Waals surface area contributed by atoms with E-state index in [0.29, 0.717) is 12.3 Å². The summed E-state index contributed by atoms with van der Waals surface area (Å²) >= 11 is 5.72. The lowest BCUT2D eigenvalue weighted by Crippen LogP contribution is -2.24. The third-order valence-electron chi connectivity index (χ3n) is 2.77. The maximum Gasteiger partial charge on any atom is 0.193 e.